The van der Waals surface area contributed by atoms with Gasteiger partial charge in [-0.2, -0.15) is 0 Å². The number of nitrogens with two attached hydrogens (primary N) is 1. The molecule has 0 radical (unpaired) electrons. The highest BCUT2D eigenvalue weighted by atomic mass is 16.2. The summed E-state index contributed by atoms with van der Waals surface area (Å²) < 4.78 is 0. The van der Waals surface area contributed by atoms with Crippen LogP contribution in [0.25, 0.3) is 0 Å². The fraction of sp³-hybridized carbons (Fsp3) is 0.882. The second kappa shape index (κ2) is 6.57. The molecule has 2 amide bonds. The SMILES string of the molecule is CC(N)C1CCCN(C(=O)C2CCCN(C(=O)C3CC3)C2)C1. The Bertz CT molecular complexity index is 434. The molecule has 2 N–H and O–H groups in total. The largest absolute Gasteiger partial charge is 0.342 e. The zero-order chi connectivity index (χ0) is 15.7. The molecule has 3 rings (SSSR count). The fourth-order valence-corrected chi connectivity index (χ4v) is 3.86. The molecule has 3 fully saturated rings. The molecule has 3 atom stereocenters. The molecule has 0 spiro atoms. The number of carbonyl (C=O) groups is 2. The normalized spacial score (nSPS) is 31.0. The maximum Gasteiger partial charge on any atom is 0.227 e. The number of hydrogen-bond donors (Lipinski definition) is 1. The molecule has 1 saturated carbocycles. The van der Waals surface area contributed by atoms with Gasteiger partial charge in [0.05, 0.1) is 5.92 Å². The molecule has 3 unspecified atom stereocenters. The van der Waals surface area contributed by atoms with Crippen molar-refractivity contribution in [2.24, 2.45) is 23.5 Å². The lowest BCUT2D eigenvalue weighted by Gasteiger charge is -2.39. The van der Waals surface area contributed by atoms with E-state index in [9.17, 15) is 9.59 Å². The van der Waals surface area contributed by atoms with E-state index in [1.807, 2.05) is 16.7 Å². The van der Waals surface area contributed by atoms with Crippen molar-refractivity contribution in [1.82, 2.24) is 9.80 Å². The van der Waals surface area contributed by atoms with Gasteiger partial charge in [-0.05, 0) is 51.4 Å². The van der Waals surface area contributed by atoms with Crippen molar-refractivity contribution in [3.63, 3.8) is 0 Å². The van der Waals surface area contributed by atoms with Crippen LogP contribution < -0.4 is 5.73 Å². The lowest BCUT2D eigenvalue weighted by Crippen LogP contribution is -2.51. The molecule has 3 aliphatic rings. The highest BCUT2D eigenvalue weighted by molar-refractivity contribution is 5.83. The molecule has 0 aromatic carbocycles. The number of hydrogen-bond acceptors (Lipinski definition) is 3. The molecule has 22 heavy (non-hydrogen) atoms. The average Bonchev–Trinajstić information content (AvgIpc) is 3.38. The van der Waals surface area contributed by atoms with E-state index < -0.39 is 0 Å². The zero-order valence-electron chi connectivity index (χ0n) is 13.7. The summed E-state index contributed by atoms with van der Waals surface area (Å²) in [5.41, 5.74) is 6.02. The van der Waals surface area contributed by atoms with Crippen LogP contribution in [-0.4, -0.2) is 53.8 Å². The van der Waals surface area contributed by atoms with Crippen LogP contribution in [0.4, 0.5) is 0 Å². The second-order valence-corrected chi connectivity index (χ2v) is 7.44. The van der Waals surface area contributed by atoms with Crippen LogP contribution in [0.1, 0.15) is 45.4 Å². The Morgan fingerprint density at radius 3 is 2.14 bits per heavy atom. The summed E-state index contributed by atoms with van der Waals surface area (Å²) >= 11 is 0. The molecular formula is C17H29N3O2. The highest BCUT2D eigenvalue weighted by Crippen LogP contribution is 2.33. The molecule has 0 aromatic heterocycles. The fourth-order valence-electron chi connectivity index (χ4n) is 3.86. The first kappa shape index (κ1) is 15.8. The van der Waals surface area contributed by atoms with Crippen molar-refractivity contribution in [1.29, 1.82) is 0 Å². The van der Waals surface area contributed by atoms with E-state index in [4.69, 9.17) is 5.73 Å². The predicted octanol–water partition coefficient (Wildman–Crippen LogP) is 1.22. The standard InChI is InChI=1S/C17H29N3O2/c1-12(18)14-4-2-8-19(10-14)17(22)15-5-3-9-20(11-15)16(21)13-6-7-13/h12-15H,2-11,18H2,1H3. The van der Waals surface area contributed by atoms with Crippen LogP contribution in [-0.2, 0) is 9.59 Å². The van der Waals surface area contributed by atoms with Gasteiger partial charge in [-0.15, -0.1) is 0 Å². The molecule has 2 saturated heterocycles. The molecule has 0 bridgehead atoms. The van der Waals surface area contributed by atoms with Gasteiger partial charge < -0.3 is 15.5 Å². The lowest BCUT2D eigenvalue weighted by atomic mass is 9.90. The minimum Gasteiger partial charge on any atom is -0.342 e. The third-order valence-corrected chi connectivity index (χ3v) is 5.52. The van der Waals surface area contributed by atoms with Gasteiger partial charge in [0.15, 0.2) is 0 Å². The van der Waals surface area contributed by atoms with E-state index in [1.165, 1.54) is 0 Å². The molecule has 124 valence electrons. The lowest BCUT2D eigenvalue weighted by molar-refractivity contribution is -0.142. The van der Waals surface area contributed by atoms with Crippen molar-refractivity contribution in [3.8, 4) is 0 Å². The quantitative estimate of drug-likeness (QED) is 0.852. The zero-order valence-corrected chi connectivity index (χ0v) is 13.7. The second-order valence-electron chi connectivity index (χ2n) is 7.44. The van der Waals surface area contributed by atoms with Crippen molar-refractivity contribution >= 4 is 11.8 Å². The summed E-state index contributed by atoms with van der Waals surface area (Å²) in [6.07, 6.45) is 6.13. The van der Waals surface area contributed by atoms with Crippen LogP contribution in [0.15, 0.2) is 0 Å². The molecule has 2 aliphatic heterocycles. The van der Waals surface area contributed by atoms with E-state index in [0.717, 1.165) is 58.2 Å². The predicted molar refractivity (Wildman–Crippen MR) is 85.0 cm³/mol. The number of nitrogens with zero attached hydrogens (tertiary/aromatic N) is 2. The Hall–Kier alpha value is -1.10. The number of piperidine rings is 2. The van der Waals surface area contributed by atoms with E-state index in [0.29, 0.717) is 12.5 Å². The molecular weight excluding hydrogens is 278 g/mol. The number of amides is 2. The summed E-state index contributed by atoms with van der Waals surface area (Å²) in [7, 11) is 0. The summed E-state index contributed by atoms with van der Waals surface area (Å²) in [6.45, 7) is 5.16. The van der Waals surface area contributed by atoms with Crippen LogP contribution in [0.5, 0.6) is 0 Å². The Morgan fingerprint density at radius 1 is 0.909 bits per heavy atom. The summed E-state index contributed by atoms with van der Waals surface area (Å²) in [4.78, 5) is 29.0. The minimum atomic E-state index is 0.00304. The van der Waals surface area contributed by atoms with Gasteiger partial charge in [0.2, 0.25) is 11.8 Å². The first-order chi connectivity index (χ1) is 10.6. The van der Waals surface area contributed by atoms with Crippen molar-refractivity contribution < 1.29 is 9.59 Å². The van der Waals surface area contributed by atoms with Gasteiger partial charge in [-0.1, -0.05) is 0 Å². The van der Waals surface area contributed by atoms with E-state index in [2.05, 4.69) is 0 Å². The minimum absolute atomic E-state index is 0.00304. The first-order valence-corrected chi connectivity index (χ1v) is 8.89. The van der Waals surface area contributed by atoms with E-state index >= 15 is 0 Å². The van der Waals surface area contributed by atoms with Gasteiger partial charge in [0, 0.05) is 38.1 Å². The monoisotopic (exact) mass is 307 g/mol. The van der Waals surface area contributed by atoms with Crippen molar-refractivity contribution in [3.05, 3.63) is 0 Å². The van der Waals surface area contributed by atoms with Crippen molar-refractivity contribution in [2.45, 2.75) is 51.5 Å². The van der Waals surface area contributed by atoms with Gasteiger partial charge in [-0.3, -0.25) is 9.59 Å². The molecule has 2 heterocycles. The van der Waals surface area contributed by atoms with Gasteiger partial charge in [0.25, 0.3) is 0 Å². The molecule has 1 aliphatic carbocycles. The van der Waals surface area contributed by atoms with E-state index in [1.54, 1.807) is 0 Å². The Labute approximate surface area is 133 Å². The molecule has 5 heteroatoms. The third-order valence-electron chi connectivity index (χ3n) is 5.52. The highest BCUT2D eigenvalue weighted by Gasteiger charge is 2.38. The van der Waals surface area contributed by atoms with Gasteiger partial charge in [-0.25, -0.2) is 0 Å². The Morgan fingerprint density at radius 2 is 1.50 bits per heavy atom. The molecule has 5 nitrogen and oxygen atoms in total. The number of likely N-dealkylation sites (tertiary alicyclic amines) is 2. The Balaban J connectivity index is 1.57. The van der Waals surface area contributed by atoms with Gasteiger partial charge >= 0.3 is 0 Å². The maximum atomic E-state index is 12.8. The average molecular weight is 307 g/mol. The van der Waals surface area contributed by atoms with Crippen LogP contribution in [0.3, 0.4) is 0 Å². The van der Waals surface area contributed by atoms with Crippen LogP contribution in [0.2, 0.25) is 0 Å². The Kier molecular flexibility index (Phi) is 4.71. The first-order valence-electron chi connectivity index (χ1n) is 8.89. The molecule has 0 aromatic rings. The maximum absolute atomic E-state index is 12.8. The van der Waals surface area contributed by atoms with E-state index in [-0.39, 0.29) is 29.7 Å². The smallest absolute Gasteiger partial charge is 0.227 e. The van der Waals surface area contributed by atoms with Gasteiger partial charge in [0.1, 0.15) is 0 Å². The number of rotatable bonds is 3. The summed E-state index contributed by atoms with van der Waals surface area (Å²) in [6, 6.07) is 0.148. The summed E-state index contributed by atoms with van der Waals surface area (Å²) in [5.74, 6) is 1.21. The van der Waals surface area contributed by atoms with Crippen molar-refractivity contribution in [2.75, 3.05) is 26.2 Å². The number of carbonyl (C=O) groups excluding carboxylic acids is 2. The topological polar surface area (TPSA) is 66.6 Å². The van der Waals surface area contributed by atoms with Crippen LogP contribution in [0, 0.1) is 17.8 Å². The summed E-state index contributed by atoms with van der Waals surface area (Å²) in [5, 5.41) is 0. The third kappa shape index (κ3) is 3.45. The van der Waals surface area contributed by atoms with Crippen LogP contribution >= 0.6 is 0 Å².